The van der Waals surface area contributed by atoms with Gasteiger partial charge in [-0.05, 0) is 20.8 Å². The van der Waals surface area contributed by atoms with Crippen molar-refractivity contribution in [1.29, 1.82) is 0 Å². The first-order valence-electron chi connectivity index (χ1n) is 5.68. The summed E-state index contributed by atoms with van der Waals surface area (Å²) in [6.45, 7) is 7.07. The van der Waals surface area contributed by atoms with E-state index in [1.54, 1.807) is 27.7 Å². The molecular formula is C12H18N2O4. The molecular weight excluding hydrogens is 236 g/mol. The molecule has 6 nitrogen and oxygen atoms in total. The smallest absolute Gasteiger partial charge is 0.419 e. The van der Waals surface area contributed by atoms with Crippen molar-refractivity contribution in [1.82, 2.24) is 9.55 Å². The van der Waals surface area contributed by atoms with Crippen LogP contribution in [-0.4, -0.2) is 32.3 Å². The maximum atomic E-state index is 11.7. The second-order valence-corrected chi connectivity index (χ2v) is 5.19. The van der Waals surface area contributed by atoms with E-state index < -0.39 is 17.7 Å². The predicted molar refractivity (Wildman–Crippen MR) is 64.5 cm³/mol. The molecule has 0 aliphatic carbocycles. The predicted octanol–water partition coefficient (Wildman–Crippen LogP) is 2.24. The molecule has 1 N–H and O–H groups in total. The van der Waals surface area contributed by atoms with Crippen molar-refractivity contribution < 1.29 is 19.4 Å². The van der Waals surface area contributed by atoms with Crippen LogP contribution in [0.4, 0.5) is 4.79 Å². The molecule has 1 aromatic heterocycles. The zero-order chi connectivity index (χ0) is 13.9. The van der Waals surface area contributed by atoms with Crippen LogP contribution in [-0.2, 0) is 9.53 Å². The molecule has 1 aromatic rings. The largest absolute Gasteiger partial charge is 0.481 e. The first-order valence-corrected chi connectivity index (χ1v) is 5.68. The van der Waals surface area contributed by atoms with Crippen molar-refractivity contribution >= 4 is 12.1 Å². The monoisotopic (exact) mass is 254 g/mol. The fourth-order valence-corrected chi connectivity index (χ4v) is 1.37. The Balaban J connectivity index is 2.74. The molecule has 100 valence electrons. The lowest BCUT2D eigenvalue weighted by molar-refractivity contribution is -0.137. The first kappa shape index (κ1) is 14.2. The molecule has 0 amide bonds. The number of hydrogen-bond acceptors (Lipinski definition) is 4. The van der Waals surface area contributed by atoms with Gasteiger partial charge in [-0.3, -0.25) is 4.79 Å². The van der Waals surface area contributed by atoms with E-state index in [1.165, 1.54) is 17.1 Å². The summed E-state index contributed by atoms with van der Waals surface area (Å²) >= 11 is 0. The van der Waals surface area contributed by atoms with Crippen LogP contribution in [0.3, 0.4) is 0 Å². The molecule has 1 rings (SSSR count). The third-order valence-electron chi connectivity index (χ3n) is 2.19. The van der Waals surface area contributed by atoms with Gasteiger partial charge in [-0.2, -0.15) is 0 Å². The van der Waals surface area contributed by atoms with E-state index in [2.05, 4.69) is 4.98 Å². The third kappa shape index (κ3) is 4.20. The van der Waals surface area contributed by atoms with E-state index in [0.717, 1.165) is 0 Å². The maximum absolute atomic E-state index is 11.7. The van der Waals surface area contributed by atoms with Crippen molar-refractivity contribution in [3.8, 4) is 0 Å². The molecule has 6 heteroatoms. The highest BCUT2D eigenvalue weighted by atomic mass is 16.6. The summed E-state index contributed by atoms with van der Waals surface area (Å²) in [5.74, 6) is -1.14. The molecule has 1 heterocycles. The number of imidazole rings is 1. The van der Waals surface area contributed by atoms with Crippen molar-refractivity contribution in [2.45, 2.75) is 45.6 Å². The number of aromatic nitrogens is 2. The van der Waals surface area contributed by atoms with Crippen LogP contribution in [0, 0.1) is 0 Å². The van der Waals surface area contributed by atoms with Gasteiger partial charge < -0.3 is 9.84 Å². The van der Waals surface area contributed by atoms with Crippen molar-refractivity contribution in [3.63, 3.8) is 0 Å². The maximum Gasteiger partial charge on any atom is 0.419 e. The highest BCUT2D eigenvalue weighted by molar-refractivity contribution is 5.71. The quantitative estimate of drug-likeness (QED) is 0.894. The van der Waals surface area contributed by atoms with E-state index in [4.69, 9.17) is 9.84 Å². The molecule has 0 aliphatic heterocycles. The number of carbonyl (C=O) groups is 2. The van der Waals surface area contributed by atoms with Crippen LogP contribution < -0.4 is 0 Å². The van der Waals surface area contributed by atoms with Gasteiger partial charge in [-0.1, -0.05) is 6.92 Å². The van der Waals surface area contributed by atoms with Gasteiger partial charge in [0.25, 0.3) is 0 Å². The van der Waals surface area contributed by atoms with Gasteiger partial charge in [-0.15, -0.1) is 0 Å². The van der Waals surface area contributed by atoms with Crippen molar-refractivity contribution in [2.75, 3.05) is 0 Å². The number of aliphatic carboxylic acids is 1. The zero-order valence-corrected chi connectivity index (χ0v) is 11.0. The number of carboxylic acid groups (broad SMARTS) is 1. The molecule has 0 radical (unpaired) electrons. The minimum atomic E-state index is -0.894. The van der Waals surface area contributed by atoms with E-state index in [-0.39, 0.29) is 12.3 Å². The van der Waals surface area contributed by atoms with E-state index in [0.29, 0.717) is 5.69 Å². The molecule has 18 heavy (non-hydrogen) atoms. The molecule has 0 fully saturated rings. The number of hydrogen-bond donors (Lipinski definition) is 1. The number of carbonyl (C=O) groups excluding carboxylic acids is 1. The Bertz CT molecular complexity index is 445. The standard InChI is InChI=1S/C12H18N2O4/c1-8(5-10(15)16)9-6-14(7-13-9)11(17)18-12(2,3)4/h6-8H,5H2,1-4H3,(H,15,16). The zero-order valence-electron chi connectivity index (χ0n) is 11.0. The fourth-order valence-electron chi connectivity index (χ4n) is 1.37. The normalized spacial score (nSPS) is 13.1. The Morgan fingerprint density at radius 3 is 2.61 bits per heavy atom. The average molecular weight is 254 g/mol. The van der Waals surface area contributed by atoms with Crippen LogP contribution in [0.25, 0.3) is 0 Å². The van der Waals surface area contributed by atoms with E-state index in [1.807, 2.05) is 0 Å². The minimum absolute atomic E-state index is 0.0225. The number of carboxylic acids is 1. The molecule has 0 saturated heterocycles. The highest BCUT2D eigenvalue weighted by Gasteiger charge is 2.19. The van der Waals surface area contributed by atoms with Crippen LogP contribution >= 0.6 is 0 Å². The first-order chi connectivity index (χ1) is 8.19. The van der Waals surface area contributed by atoms with E-state index in [9.17, 15) is 9.59 Å². The minimum Gasteiger partial charge on any atom is -0.481 e. The molecule has 0 aliphatic rings. The lowest BCUT2D eigenvalue weighted by Crippen LogP contribution is -2.26. The van der Waals surface area contributed by atoms with Gasteiger partial charge in [0.15, 0.2) is 0 Å². The van der Waals surface area contributed by atoms with Gasteiger partial charge in [0.1, 0.15) is 11.9 Å². The molecule has 0 bridgehead atoms. The summed E-state index contributed by atoms with van der Waals surface area (Å²) in [5.41, 5.74) is -0.0166. The van der Waals surface area contributed by atoms with Crippen molar-refractivity contribution in [3.05, 3.63) is 18.2 Å². The fraction of sp³-hybridized carbons (Fsp3) is 0.583. The topological polar surface area (TPSA) is 81.4 Å². The van der Waals surface area contributed by atoms with E-state index >= 15 is 0 Å². The Labute approximate surface area is 106 Å². The lowest BCUT2D eigenvalue weighted by Gasteiger charge is -2.19. The van der Waals surface area contributed by atoms with Crippen LogP contribution in [0.2, 0.25) is 0 Å². The Hall–Kier alpha value is -1.85. The van der Waals surface area contributed by atoms with Crippen LogP contribution in [0.1, 0.15) is 45.7 Å². The summed E-state index contributed by atoms with van der Waals surface area (Å²) in [6.07, 6.45) is 2.29. The summed E-state index contributed by atoms with van der Waals surface area (Å²) in [7, 11) is 0. The SMILES string of the molecule is CC(CC(=O)O)c1cn(C(=O)OC(C)(C)C)cn1. The third-order valence-corrected chi connectivity index (χ3v) is 2.19. The summed E-state index contributed by atoms with van der Waals surface area (Å²) in [5, 5.41) is 8.69. The Morgan fingerprint density at radius 1 is 1.50 bits per heavy atom. The number of nitrogens with zero attached hydrogens (tertiary/aromatic N) is 2. The Morgan fingerprint density at radius 2 is 2.11 bits per heavy atom. The summed E-state index contributed by atoms with van der Waals surface area (Å²) < 4.78 is 6.39. The molecule has 1 unspecified atom stereocenters. The van der Waals surface area contributed by atoms with Gasteiger partial charge in [-0.25, -0.2) is 14.3 Å². The van der Waals surface area contributed by atoms with Crippen molar-refractivity contribution in [2.24, 2.45) is 0 Å². The number of rotatable bonds is 3. The van der Waals surface area contributed by atoms with Gasteiger partial charge in [0, 0.05) is 12.1 Å². The Kier molecular flexibility index (Phi) is 4.11. The number of ether oxygens (including phenoxy) is 1. The van der Waals surface area contributed by atoms with Gasteiger partial charge in [0.05, 0.1) is 12.1 Å². The molecule has 0 saturated carbocycles. The molecule has 0 aromatic carbocycles. The lowest BCUT2D eigenvalue weighted by atomic mass is 10.1. The second-order valence-electron chi connectivity index (χ2n) is 5.19. The summed E-state index contributed by atoms with van der Waals surface area (Å²) in [4.78, 5) is 26.3. The van der Waals surface area contributed by atoms with Gasteiger partial charge in [0.2, 0.25) is 0 Å². The average Bonchev–Trinajstić information content (AvgIpc) is 2.61. The summed E-state index contributed by atoms with van der Waals surface area (Å²) in [6, 6.07) is 0. The van der Waals surface area contributed by atoms with Crippen LogP contribution in [0.15, 0.2) is 12.5 Å². The molecule has 0 spiro atoms. The van der Waals surface area contributed by atoms with Gasteiger partial charge >= 0.3 is 12.1 Å². The van der Waals surface area contributed by atoms with Crippen LogP contribution in [0.5, 0.6) is 0 Å². The highest BCUT2D eigenvalue weighted by Crippen LogP contribution is 2.17. The second kappa shape index (κ2) is 5.20. The molecule has 1 atom stereocenters.